The third kappa shape index (κ3) is 3.79. The van der Waals surface area contributed by atoms with Crippen LogP contribution in [0.25, 0.3) is 17.1 Å². The molecule has 0 radical (unpaired) electrons. The molecule has 0 fully saturated rings. The first-order valence-electron chi connectivity index (χ1n) is 8.49. The van der Waals surface area contributed by atoms with E-state index in [0.717, 1.165) is 16.8 Å². The van der Waals surface area contributed by atoms with Crippen molar-refractivity contribution in [1.82, 2.24) is 14.7 Å². The molecule has 2 aromatic heterocycles. The zero-order valence-corrected chi connectivity index (χ0v) is 14.7. The number of benzene rings is 2. The highest BCUT2D eigenvalue weighted by molar-refractivity contribution is 5.90. The van der Waals surface area contributed by atoms with Crippen LogP contribution >= 0.6 is 0 Å². The molecule has 2 heterocycles. The van der Waals surface area contributed by atoms with Gasteiger partial charge in [-0.05, 0) is 37.3 Å². The van der Waals surface area contributed by atoms with E-state index in [1.807, 2.05) is 72.4 Å². The molecule has 0 N–H and O–H groups in total. The quantitative estimate of drug-likeness (QED) is 0.500. The highest BCUT2D eigenvalue weighted by atomic mass is 16.6. The number of nitrogens with zero attached hydrogens (tertiary/aromatic N) is 3. The molecular formula is C21H17N3O3. The van der Waals surface area contributed by atoms with E-state index in [0.29, 0.717) is 11.4 Å². The van der Waals surface area contributed by atoms with Crippen molar-refractivity contribution in [2.24, 2.45) is 0 Å². The third-order valence-corrected chi connectivity index (χ3v) is 4.09. The summed E-state index contributed by atoms with van der Waals surface area (Å²) < 4.78 is 12.4. The molecular weight excluding hydrogens is 342 g/mol. The summed E-state index contributed by atoms with van der Waals surface area (Å²) in [6.45, 7) is 1.93. The van der Waals surface area contributed by atoms with Crippen molar-refractivity contribution in [3.05, 3.63) is 90.1 Å². The Morgan fingerprint density at radius 2 is 1.85 bits per heavy atom. The van der Waals surface area contributed by atoms with Crippen molar-refractivity contribution in [2.75, 3.05) is 0 Å². The monoisotopic (exact) mass is 359 g/mol. The van der Waals surface area contributed by atoms with Crippen molar-refractivity contribution in [2.45, 2.75) is 13.5 Å². The summed E-state index contributed by atoms with van der Waals surface area (Å²) in [5.74, 6) is 0.273. The number of carbonyl (C=O) groups excluding carboxylic acids is 1. The van der Waals surface area contributed by atoms with Gasteiger partial charge in [0, 0.05) is 23.6 Å². The molecule has 0 aliphatic heterocycles. The van der Waals surface area contributed by atoms with Crippen LogP contribution in [0.4, 0.5) is 0 Å². The zero-order valence-electron chi connectivity index (χ0n) is 14.7. The number of hydrogen-bond acceptors (Lipinski definition) is 5. The maximum atomic E-state index is 12.3. The zero-order chi connectivity index (χ0) is 18.6. The average molecular weight is 359 g/mol. The number of carbonyl (C=O) groups is 1. The summed E-state index contributed by atoms with van der Waals surface area (Å²) in [6, 6.07) is 18.8. The van der Waals surface area contributed by atoms with Crippen LogP contribution in [0.15, 0.2) is 77.6 Å². The van der Waals surface area contributed by atoms with Gasteiger partial charge in [-0.1, -0.05) is 41.1 Å². The van der Waals surface area contributed by atoms with Crippen LogP contribution in [0.5, 0.6) is 0 Å². The molecule has 0 atom stereocenters. The van der Waals surface area contributed by atoms with Crippen LogP contribution in [-0.4, -0.2) is 20.7 Å². The standard InChI is InChI=1S/C21H17N3O3/c1-15-7-9-16(10-8-15)20-22-19(27-23-20)14-26-21(25)17-5-4-6-18(13-17)24-11-2-3-12-24/h2-13H,14H2,1H3. The summed E-state index contributed by atoms with van der Waals surface area (Å²) in [5, 5.41) is 3.93. The highest BCUT2D eigenvalue weighted by Gasteiger charge is 2.13. The van der Waals surface area contributed by atoms with Gasteiger partial charge in [0.1, 0.15) is 0 Å². The largest absolute Gasteiger partial charge is 0.452 e. The molecule has 2 aromatic carbocycles. The summed E-state index contributed by atoms with van der Waals surface area (Å²) in [7, 11) is 0. The lowest BCUT2D eigenvalue weighted by atomic mass is 10.1. The van der Waals surface area contributed by atoms with Crippen molar-refractivity contribution in [1.29, 1.82) is 0 Å². The predicted octanol–water partition coefficient (Wildman–Crippen LogP) is 4.19. The summed E-state index contributed by atoms with van der Waals surface area (Å²) in [5.41, 5.74) is 3.34. The van der Waals surface area contributed by atoms with E-state index >= 15 is 0 Å². The number of ether oxygens (including phenoxy) is 1. The fourth-order valence-electron chi connectivity index (χ4n) is 2.64. The maximum Gasteiger partial charge on any atom is 0.338 e. The van der Waals surface area contributed by atoms with Gasteiger partial charge in [-0.3, -0.25) is 0 Å². The first kappa shape index (κ1) is 16.8. The Labute approximate surface area is 156 Å². The topological polar surface area (TPSA) is 70.2 Å². The van der Waals surface area contributed by atoms with Crippen molar-refractivity contribution in [3.63, 3.8) is 0 Å². The van der Waals surface area contributed by atoms with Gasteiger partial charge in [-0.2, -0.15) is 4.98 Å². The average Bonchev–Trinajstić information content (AvgIpc) is 3.39. The Hall–Kier alpha value is -3.67. The lowest BCUT2D eigenvalue weighted by Gasteiger charge is -2.06. The van der Waals surface area contributed by atoms with E-state index in [9.17, 15) is 4.79 Å². The van der Waals surface area contributed by atoms with E-state index in [2.05, 4.69) is 10.1 Å². The first-order chi connectivity index (χ1) is 13.2. The molecule has 6 nitrogen and oxygen atoms in total. The van der Waals surface area contributed by atoms with E-state index < -0.39 is 5.97 Å². The molecule has 0 saturated heterocycles. The fraction of sp³-hybridized carbons (Fsp3) is 0.0952. The van der Waals surface area contributed by atoms with E-state index in [1.165, 1.54) is 0 Å². The lowest BCUT2D eigenvalue weighted by molar-refractivity contribution is 0.0430. The molecule has 134 valence electrons. The van der Waals surface area contributed by atoms with E-state index in [1.54, 1.807) is 12.1 Å². The maximum absolute atomic E-state index is 12.3. The second-order valence-corrected chi connectivity index (χ2v) is 6.09. The normalized spacial score (nSPS) is 10.7. The SMILES string of the molecule is Cc1ccc(-c2noc(COC(=O)c3cccc(-n4cccc4)c3)n2)cc1. The van der Waals surface area contributed by atoms with Gasteiger partial charge in [0.05, 0.1) is 5.56 Å². The number of esters is 1. The molecule has 0 bridgehead atoms. The Kier molecular flexibility index (Phi) is 4.53. The molecule has 0 spiro atoms. The second kappa shape index (κ2) is 7.29. The number of hydrogen-bond donors (Lipinski definition) is 0. The van der Waals surface area contributed by atoms with E-state index in [4.69, 9.17) is 9.26 Å². The molecule has 6 heteroatoms. The fourth-order valence-corrected chi connectivity index (χ4v) is 2.64. The summed E-state index contributed by atoms with van der Waals surface area (Å²) in [6.07, 6.45) is 3.82. The van der Waals surface area contributed by atoms with Crippen molar-refractivity contribution < 1.29 is 14.1 Å². The second-order valence-electron chi connectivity index (χ2n) is 6.09. The molecule has 0 amide bonds. The molecule has 0 aliphatic carbocycles. The van der Waals surface area contributed by atoms with Crippen LogP contribution in [0.3, 0.4) is 0 Å². The number of rotatable bonds is 5. The predicted molar refractivity (Wildman–Crippen MR) is 99.4 cm³/mol. The first-order valence-corrected chi connectivity index (χ1v) is 8.49. The molecule has 0 saturated carbocycles. The van der Waals surface area contributed by atoms with Crippen LogP contribution in [0.2, 0.25) is 0 Å². The minimum Gasteiger partial charge on any atom is -0.452 e. The van der Waals surface area contributed by atoms with Crippen LogP contribution < -0.4 is 0 Å². The van der Waals surface area contributed by atoms with Gasteiger partial charge < -0.3 is 13.8 Å². The van der Waals surface area contributed by atoms with Crippen LogP contribution in [0.1, 0.15) is 21.8 Å². The van der Waals surface area contributed by atoms with E-state index in [-0.39, 0.29) is 12.5 Å². The minimum atomic E-state index is -0.445. The third-order valence-electron chi connectivity index (χ3n) is 4.09. The van der Waals surface area contributed by atoms with Gasteiger partial charge in [-0.25, -0.2) is 4.79 Å². The summed E-state index contributed by atoms with van der Waals surface area (Å²) in [4.78, 5) is 16.6. The highest BCUT2D eigenvalue weighted by Crippen LogP contribution is 2.17. The molecule has 0 aliphatic rings. The minimum absolute atomic E-state index is 0.0779. The molecule has 4 aromatic rings. The van der Waals surface area contributed by atoms with Gasteiger partial charge in [0.25, 0.3) is 5.89 Å². The van der Waals surface area contributed by atoms with Gasteiger partial charge in [0.2, 0.25) is 5.82 Å². The Bertz CT molecular complexity index is 1050. The lowest BCUT2D eigenvalue weighted by Crippen LogP contribution is -2.06. The molecule has 27 heavy (non-hydrogen) atoms. The van der Waals surface area contributed by atoms with Gasteiger partial charge >= 0.3 is 5.97 Å². The Morgan fingerprint density at radius 3 is 2.63 bits per heavy atom. The smallest absolute Gasteiger partial charge is 0.338 e. The van der Waals surface area contributed by atoms with Gasteiger partial charge in [0.15, 0.2) is 6.61 Å². The Balaban J connectivity index is 1.43. The summed E-state index contributed by atoms with van der Waals surface area (Å²) >= 11 is 0. The number of aromatic nitrogens is 3. The van der Waals surface area contributed by atoms with Crippen LogP contribution in [0, 0.1) is 6.92 Å². The molecule has 0 unspecified atom stereocenters. The van der Waals surface area contributed by atoms with Gasteiger partial charge in [-0.15, -0.1) is 0 Å². The van der Waals surface area contributed by atoms with Crippen LogP contribution in [-0.2, 0) is 11.3 Å². The van der Waals surface area contributed by atoms with Crippen molar-refractivity contribution >= 4 is 5.97 Å². The molecule has 4 rings (SSSR count). The Morgan fingerprint density at radius 1 is 1.07 bits per heavy atom. The number of aryl methyl sites for hydroxylation is 1. The van der Waals surface area contributed by atoms with Crippen molar-refractivity contribution in [3.8, 4) is 17.1 Å².